The molecule has 2 bridgehead atoms. The summed E-state index contributed by atoms with van der Waals surface area (Å²) in [4.78, 5) is 53.2. The molecule has 12 heteroatoms. The van der Waals surface area contributed by atoms with Gasteiger partial charge in [-0.2, -0.15) is 0 Å². The van der Waals surface area contributed by atoms with Gasteiger partial charge in [0.1, 0.15) is 18.2 Å². The van der Waals surface area contributed by atoms with Gasteiger partial charge in [0.15, 0.2) is 0 Å². The largest absolute Gasteiger partial charge is 0.457 e. The molecule has 0 aromatic carbocycles. The van der Waals surface area contributed by atoms with Crippen molar-refractivity contribution in [3.63, 3.8) is 0 Å². The Hall–Kier alpha value is -1.50. The first-order valence-corrected chi connectivity index (χ1v) is 19.5. The molecular weight excluding hydrogens is 579 g/mol. The lowest BCUT2D eigenvalue weighted by molar-refractivity contribution is -0.151. The van der Waals surface area contributed by atoms with E-state index >= 15 is 0 Å². The minimum Gasteiger partial charge on any atom is -0.457 e. The Kier molecular flexibility index (Phi) is 14.3. The molecule has 0 aromatic heterocycles. The van der Waals surface area contributed by atoms with Crippen molar-refractivity contribution in [2.24, 2.45) is 5.92 Å². The third-order valence-electron chi connectivity index (χ3n) is 7.97. The molecule has 1 saturated heterocycles. The number of allylic oxidation sites excluding steroid dienone is 1. The van der Waals surface area contributed by atoms with Gasteiger partial charge in [-0.15, -0.1) is 0 Å². The average molecular weight is 630 g/mol. The molecule has 0 unspecified atom stereocenters. The SMILES string of the molecule is CC(C)[C@H]1NC(=O)[C@H]2CSSCC/C=C/[C@H](CC(=O)N[C@H](C)C(=O)N2)OC(=O)C[C@@H]1O[Si](C(C)C)(C(C)C)C(C)C. The van der Waals surface area contributed by atoms with Crippen LogP contribution in [0.4, 0.5) is 0 Å². The predicted octanol–water partition coefficient (Wildman–Crippen LogP) is 4.72. The Balaban J connectivity index is 2.65. The zero-order valence-corrected chi connectivity index (χ0v) is 28.8. The van der Waals surface area contributed by atoms with Gasteiger partial charge in [0.05, 0.1) is 25.0 Å². The first-order valence-electron chi connectivity index (χ1n) is 14.9. The highest BCUT2D eigenvalue weighted by Crippen LogP contribution is 2.44. The number of ether oxygens (including phenoxy) is 1. The summed E-state index contributed by atoms with van der Waals surface area (Å²) in [6, 6.07) is -2.19. The van der Waals surface area contributed by atoms with Crippen LogP contribution in [0.3, 0.4) is 0 Å². The third-order valence-corrected chi connectivity index (χ3v) is 16.5. The summed E-state index contributed by atoms with van der Waals surface area (Å²) in [6.07, 6.45) is 2.79. The lowest BCUT2D eigenvalue weighted by Gasteiger charge is -2.46. The second kappa shape index (κ2) is 16.4. The molecule has 9 nitrogen and oxygen atoms in total. The highest BCUT2D eigenvalue weighted by molar-refractivity contribution is 8.76. The maximum atomic E-state index is 13.8. The van der Waals surface area contributed by atoms with Crippen LogP contribution in [-0.2, 0) is 28.3 Å². The topological polar surface area (TPSA) is 123 Å². The lowest BCUT2D eigenvalue weighted by Crippen LogP contribution is -2.60. The smallest absolute Gasteiger partial charge is 0.309 e. The van der Waals surface area contributed by atoms with Crippen molar-refractivity contribution in [2.75, 3.05) is 11.5 Å². The summed E-state index contributed by atoms with van der Waals surface area (Å²) < 4.78 is 13.0. The first-order chi connectivity index (χ1) is 19.2. The minimum atomic E-state index is -2.48. The number of hydrogen-bond acceptors (Lipinski definition) is 8. The fraction of sp³-hybridized carbons (Fsp3) is 0.793. The quantitative estimate of drug-likeness (QED) is 0.167. The van der Waals surface area contributed by atoms with Crippen molar-refractivity contribution in [2.45, 2.75) is 129 Å². The number of esters is 1. The van der Waals surface area contributed by atoms with Crippen LogP contribution in [0.5, 0.6) is 0 Å². The number of carbonyl (C=O) groups excluding carboxylic acids is 4. The van der Waals surface area contributed by atoms with Gasteiger partial charge in [-0.1, -0.05) is 83.1 Å². The Morgan fingerprint density at radius 3 is 2.10 bits per heavy atom. The monoisotopic (exact) mass is 629 g/mol. The summed E-state index contributed by atoms with van der Waals surface area (Å²) in [5.41, 5.74) is 0.786. The zero-order chi connectivity index (χ0) is 30.9. The normalized spacial score (nSPS) is 28.9. The molecule has 2 heterocycles. The molecule has 0 aliphatic carbocycles. The van der Waals surface area contributed by atoms with E-state index in [1.807, 2.05) is 19.9 Å². The van der Waals surface area contributed by atoms with Gasteiger partial charge in [0.2, 0.25) is 26.0 Å². The van der Waals surface area contributed by atoms with Crippen LogP contribution in [0, 0.1) is 5.92 Å². The molecule has 234 valence electrons. The van der Waals surface area contributed by atoms with E-state index < -0.39 is 56.4 Å². The molecule has 41 heavy (non-hydrogen) atoms. The number of rotatable bonds is 6. The fourth-order valence-electron chi connectivity index (χ4n) is 5.96. The maximum Gasteiger partial charge on any atom is 0.309 e. The Morgan fingerprint density at radius 1 is 0.878 bits per heavy atom. The molecule has 2 aliphatic heterocycles. The fourth-order valence-corrected chi connectivity index (χ4v) is 13.7. The van der Waals surface area contributed by atoms with E-state index in [-0.39, 0.29) is 41.3 Å². The molecule has 2 aliphatic rings. The number of fused-ring (bicyclic) bond motifs is 7. The standard InChI is InChI=1S/C29H51N3O6S2Si/c1-17(2)27-24(38-41(18(3)4,19(5)6)20(7)8)15-26(34)37-22-12-10-11-13-39-40-16-23(29(36)32-27)31-28(35)21(9)30-25(33)14-22/h10,12,17-24,27H,11,13-16H2,1-9H3,(H,30,33)(H,31,35)(H,32,36)/b12-10+/t21-,22-,23-,24+,27-/m1/s1. The van der Waals surface area contributed by atoms with E-state index in [1.165, 1.54) is 10.8 Å². The van der Waals surface area contributed by atoms with E-state index in [9.17, 15) is 19.2 Å². The molecule has 2 rings (SSSR count). The van der Waals surface area contributed by atoms with Crippen molar-refractivity contribution in [1.29, 1.82) is 0 Å². The van der Waals surface area contributed by atoms with Crippen molar-refractivity contribution >= 4 is 53.6 Å². The van der Waals surface area contributed by atoms with Gasteiger partial charge in [-0.3, -0.25) is 19.2 Å². The molecule has 5 atom stereocenters. The Morgan fingerprint density at radius 2 is 1.51 bits per heavy atom. The van der Waals surface area contributed by atoms with Crippen molar-refractivity contribution in [1.82, 2.24) is 16.0 Å². The molecule has 3 amide bonds. The molecule has 1 fully saturated rings. The van der Waals surface area contributed by atoms with Gasteiger partial charge in [0.25, 0.3) is 0 Å². The van der Waals surface area contributed by atoms with E-state index in [0.717, 1.165) is 5.75 Å². The zero-order valence-electron chi connectivity index (χ0n) is 26.2. The third kappa shape index (κ3) is 10.0. The van der Waals surface area contributed by atoms with Gasteiger partial charge < -0.3 is 25.1 Å². The number of hydrogen-bond donors (Lipinski definition) is 3. The van der Waals surface area contributed by atoms with Gasteiger partial charge >= 0.3 is 5.97 Å². The number of amides is 3. The van der Waals surface area contributed by atoms with Crippen LogP contribution in [0.2, 0.25) is 16.6 Å². The van der Waals surface area contributed by atoms with E-state index in [0.29, 0.717) is 12.2 Å². The molecule has 0 saturated carbocycles. The second-order valence-electron chi connectivity index (χ2n) is 12.4. The molecule has 0 radical (unpaired) electrons. The van der Waals surface area contributed by atoms with E-state index in [4.69, 9.17) is 9.16 Å². The average Bonchev–Trinajstić information content (AvgIpc) is 2.86. The van der Waals surface area contributed by atoms with Crippen LogP contribution in [0.15, 0.2) is 12.2 Å². The Bertz CT molecular complexity index is 924. The highest BCUT2D eigenvalue weighted by Gasteiger charge is 2.48. The maximum absolute atomic E-state index is 13.8. The first kappa shape index (κ1) is 35.7. The highest BCUT2D eigenvalue weighted by atomic mass is 33.1. The van der Waals surface area contributed by atoms with Crippen LogP contribution in [-0.4, -0.2) is 73.8 Å². The predicted molar refractivity (Wildman–Crippen MR) is 170 cm³/mol. The van der Waals surface area contributed by atoms with Crippen LogP contribution < -0.4 is 16.0 Å². The summed E-state index contributed by atoms with van der Waals surface area (Å²) >= 11 is 0. The van der Waals surface area contributed by atoms with Crippen LogP contribution in [0.25, 0.3) is 0 Å². The summed E-state index contributed by atoms with van der Waals surface area (Å²) in [5, 5.41) is 8.70. The molecular formula is C29H51N3O6S2Si. The molecule has 0 aromatic rings. The number of carbonyl (C=O) groups is 4. The molecule has 0 spiro atoms. The Labute approximate surface area is 255 Å². The van der Waals surface area contributed by atoms with Gasteiger partial charge in [0, 0.05) is 11.5 Å². The van der Waals surface area contributed by atoms with Crippen molar-refractivity contribution in [3.8, 4) is 0 Å². The minimum absolute atomic E-state index is 0.0615. The number of nitrogens with one attached hydrogen (secondary N) is 3. The van der Waals surface area contributed by atoms with E-state index in [1.54, 1.807) is 23.8 Å². The van der Waals surface area contributed by atoms with Gasteiger partial charge in [-0.25, -0.2) is 0 Å². The van der Waals surface area contributed by atoms with Crippen molar-refractivity contribution < 1.29 is 28.3 Å². The molecule has 3 N–H and O–H groups in total. The van der Waals surface area contributed by atoms with E-state index in [2.05, 4.69) is 57.5 Å². The van der Waals surface area contributed by atoms with Crippen LogP contribution in [0.1, 0.15) is 81.6 Å². The van der Waals surface area contributed by atoms with Crippen LogP contribution >= 0.6 is 21.6 Å². The van der Waals surface area contributed by atoms with Crippen molar-refractivity contribution in [3.05, 3.63) is 12.2 Å². The lowest BCUT2D eigenvalue weighted by atomic mass is 9.96. The summed E-state index contributed by atoms with van der Waals surface area (Å²) in [7, 11) is 0.650. The van der Waals surface area contributed by atoms with Gasteiger partial charge in [-0.05, 0) is 42.0 Å². The summed E-state index contributed by atoms with van der Waals surface area (Å²) in [5.74, 6) is -0.625. The summed E-state index contributed by atoms with van der Waals surface area (Å²) in [6.45, 7) is 18.7. The second-order valence-corrected chi connectivity index (χ2v) is 20.4.